The highest BCUT2D eigenvalue weighted by atomic mass is 15.3. The second kappa shape index (κ2) is 7.43. The van der Waals surface area contributed by atoms with Crippen LogP contribution in [0.25, 0.3) is 0 Å². The Morgan fingerprint density at radius 3 is 2.65 bits per heavy atom. The first kappa shape index (κ1) is 14.2. The molecule has 0 aliphatic heterocycles. The number of unbranched alkanes of at least 4 members (excludes halogenated alkanes) is 1. The Kier molecular flexibility index (Phi) is 6.19. The fourth-order valence-corrected chi connectivity index (χ4v) is 2.36. The number of aryl methyl sites for hydroxylation is 1. The molecule has 1 heterocycles. The standard InChI is InChI=1S/C13H26N4/c1-5-7-8-11(6-2)12(14-3)9-13-15-10-16-17(13)4/h10-12,14H,5-9H2,1-4H3. The molecule has 0 bridgehead atoms. The van der Waals surface area contributed by atoms with E-state index >= 15 is 0 Å². The van der Waals surface area contributed by atoms with Gasteiger partial charge in [-0.1, -0.05) is 33.1 Å². The fraction of sp³-hybridized carbons (Fsp3) is 0.846. The van der Waals surface area contributed by atoms with Gasteiger partial charge in [0.05, 0.1) is 0 Å². The van der Waals surface area contributed by atoms with E-state index in [0.29, 0.717) is 6.04 Å². The van der Waals surface area contributed by atoms with Crippen LogP contribution >= 0.6 is 0 Å². The number of hydrogen-bond acceptors (Lipinski definition) is 3. The van der Waals surface area contributed by atoms with Gasteiger partial charge in [-0.25, -0.2) is 4.98 Å². The maximum absolute atomic E-state index is 4.31. The van der Waals surface area contributed by atoms with Crippen molar-refractivity contribution in [2.45, 2.75) is 52.0 Å². The monoisotopic (exact) mass is 238 g/mol. The first-order valence-corrected chi connectivity index (χ1v) is 6.73. The van der Waals surface area contributed by atoms with E-state index < -0.39 is 0 Å². The van der Waals surface area contributed by atoms with Gasteiger partial charge in [0.2, 0.25) is 0 Å². The molecule has 1 aromatic heterocycles. The molecule has 1 rings (SSSR count). The molecule has 98 valence electrons. The van der Waals surface area contributed by atoms with Crippen LogP contribution in [0.3, 0.4) is 0 Å². The maximum atomic E-state index is 4.31. The van der Waals surface area contributed by atoms with Crippen LogP contribution in [-0.2, 0) is 13.5 Å². The molecule has 0 saturated heterocycles. The van der Waals surface area contributed by atoms with E-state index in [2.05, 4.69) is 36.3 Å². The summed E-state index contributed by atoms with van der Waals surface area (Å²) in [7, 11) is 4.01. The summed E-state index contributed by atoms with van der Waals surface area (Å²) in [4.78, 5) is 4.31. The molecule has 17 heavy (non-hydrogen) atoms. The molecule has 0 amide bonds. The van der Waals surface area contributed by atoms with Crippen LogP contribution in [0, 0.1) is 5.92 Å². The summed E-state index contributed by atoms with van der Waals surface area (Å²) in [6.07, 6.45) is 7.72. The average molecular weight is 238 g/mol. The molecular formula is C13H26N4. The van der Waals surface area contributed by atoms with E-state index in [4.69, 9.17) is 0 Å². The zero-order chi connectivity index (χ0) is 12.7. The first-order chi connectivity index (χ1) is 8.22. The molecule has 0 saturated carbocycles. The maximum Gasteiger partial charge on any atom is 0.138 e. The lowest BCUT2D eigenvalue weighted by Crippen LogP contribution is -2.36. The van der Waals surface area contributed by atoms with Crippen LogP contribution in [0.4, 0.5) is 0 Å². The van der Waals surface area contributed by atoms with Gasteiger partial charge in [-0.3, -0.25) is 4.68 Å². The lowest BCUT2D eigenvalue weighted by molar-refractivity contribution is 0.324. The number of hydrogen-bond donors (Lipinski definition) is 1. The van der Waals surface area contributed by atoms with E-state index in [9.17, 15) is 0 Å². The Morgan fingerprint density at radius 1 is 1.41 bits per heavy atom. The minimum absolute atomic E-state index is 0.509. The van der Waals surface area contributed by atoms with Crippen molar-refractivity contribution in [3.63, 3.8) is 0 Å². The Balaban J connectivity index is 2.59. The van der Waals surface area contributed by atoms with Crippen molar-refractivity contribution in [1.29, 1.82) is 0 Å². The van der Waals surface area contributed by atoms with Crippen LogP contribution in [0.1, 0.15) is 45.4 Å². The highest BCUT2D eigenvalue weighted by Gasteiger charge is 2.20. The zero-order valence-corrected chi connectivity index (χ0v) is 11.6. The molecule has 0 fully saturated rings. The van der Waals surface area contributed by atoms with Gasteiger partial charge in [0.1, 0.15) is 12.2 Å². The Bertz CT molecular complexity index is 308. The number of likely N-dealkylation sites (N-methyl/N-ethyl adjacent to an activating group) is 1. The fourth-order valence-electron chi connectivity index (χ4n) is 2.36. The predicted octanol–water partition coefficient (Wildman–Crippen LogP) is 2.16. The van der Waals surface area contributed by atoms with Gasteiger partial charge in [0.25, 0.3) is 0 Å². The van der Waals surface area contributed by atoms with Crippen molar-refractivity contribution in [3.05, 3.63) is 12.2 Å². The zero-order valence-electron chi connectivity index (χ0n) is 11.6. The van der Waals surface area contributed by atoms with Gasteiger partial charge in [-0.05, 0) is 19.4 Å². The van der Waals surface area contributed by atoms with Gasteiger partial charge < -0.3 is 5.32 Å². The van der Waals surface area contributed by atoms with Gasteiger partial charge in [0, 0.05) is 19.5 Å². The van der Waals surface area contributed by atoms with Gasteiger partial charge in [-0.2, -0.15) is 5.10 Å². The molecule has 2 atom stereocenters. The van der Waals surface area contributed by atoms with Crippen molar-refractivity contribution in [2.24, 2.45) is 13.0 Å². The van der Waals surface area contributed by atoms with Crippen molar-refractivity contribution in [3.8, 4) is 0 Å². The summed E-state index contributed by atoms with van der Waals surface area (Å²) < 4.78 is 1.87. The normalized spacial score (nSPS) is 14.8. The predicted molar refractivity (Wildman–Crippen MR) is 70.9 cm³/mol. The highest BCUT2D eigenvalue weighted by molar-refractivity contribution is 4.91. The molecule has 0 aliphatic carbocycles. The Morgan fingerprint density at radius 2 is 2.18 bits per heavy atom. The van der Waals surface area contributed by atoms with Crippen LogP contribution < -0.4 is 5.32 Å². The summed E-state index contributed by atoms with van der Waals surface area (Å²) in [5, 5.41) is 7.58. The highest BCUT2D eigenvalue weighted by Crippen LogP contribution is 2.19. The number of nitrogens with zero attached hydrogens (tertiary/aromatic N) is 3. The van der Waals surface area contributed by atoms with Gasteiger partial charge >= 0.3 is 0 Å². The van der Waals surface area contributed by atoms with Gasteiger partial charge in [-0.15, -0.1) is 0 Å². The largest absolute Gasteiger partial charge is 0.316 e. The molecular weight excluding hydrogens is 212 g/mol. The van der Waals surface area contributed by atoms with Crippen molar-refractivity contribution in [1.82, 2.24) is 20.1 Å². The summed E-state index contributed by atoms with van der Waals surface area (Å²) in [6.45, 7) is 4.53. The molecule has 0 aliphatic rings. The van der Waals surface area contributed by atoms with E-state index in [0.717, 1.165) is 18.2 Å². The molecule has 1 N–H and O–H groups in total. The number of rotatable bonds is 8. The summed E-state index contributed by atoms with van der Waals surface area (Å²) >= 11 is 0. The Labute approximate surface area is 105 Å². The quantitative estimate of drug-likeness (QED) is 0.754. The summed E-state index contributed by atoms with van der Waals surface area (Å²) in [5.41, 5.74) is 0. The smallest absolute Gasteiger partial charge is 0.138 e. The average Bonchev–Trinajstić information content (AvgIpc) is 2.74. The second-order valence-corrected chi connectivity index (χ2v) is 4.71. The lowest BCUT2D eigenvalue weighted by atomic mass is 9.89. The molecule has 4 heteroatoms. The van der Waals surface area contributed by atoms with Crippen LogP contribution in [0.5, 0.6) is 0 Å². The third kappa shape index (κ3) is 4.11. The summed E-state index contributed by atoms with van der Waals surface area (Å²) in [5.74, 6) is 1.80. The lowest BCUT2D eigenvalue weighted by Gasteiger charge is -2.25. The molecule has 0 spiro atoms. The van der Waals surface area contributed by atoms with Crippen molar-refractivity contribution < 1.29 is 0 Å². The second-order valence-electron chi connectivity index (χ2n) is 4.71. The topological polar surface area (TPSA) is 42.7 Å². The SMILES string of the molecule is CCCCC(CC)C(Cc1ncnn1C)NC. The molecule has 1 aromatic rings. The van der Waals surface area contributed by atoms with Crippen molar-refractivity contribution in [2.75, 3.05) is 7.05 Å². The third-order valence-corrected chi connectivity index (χ3v) is 3.60. The Hall–Kier alpha value is -0.900. The van der Waals surface area contributed by atoms with E-state index in [1.54, 1.807) is 6.33 Å². The third-order valence-electron chi connectivity index (χ3n) is 3.60. The van der Waals surface area contributed by atoms with Crippen molar-refractivity contribution >= 4 is 0 Å². The van der Waals surface area contributed by atoms with Gasteiger partial charge in [0.15, 0.2) is 0 Å². The number of nitrogens with one attached hydrogen (secondary N) is 1. The molecule has 0 aromatic carbocycles. The number of aromatic nitrogens is 3. The van der Waals surface area contributed by atoms with Crippen LogP contribution in [0.2, 0.25) is 0 Å². The molecule has 2 unspecified atom stereocenters. The van der Waals surface area contributed by atoms with E-state index in [-0.39, 0.29) is 0 Å². The van der Waals surface area contributed by atoms with Crippen LogP contribution in [-0.4, -0.2) is 27.9 Å². The van der Waals surface area contributed by atoms with Crippen LogP contribution in [0.15, 0.2) is 6.33 Å². The van der Waals surface area contributed by atoms with E-state index in [1.807, 2.05) is 11.7 Å². The summed E-state index contributed by atoms with van der Waals surface area (Å²) in [6, 6.07) is 0.509. The minimum Gasteiger partial charge on any atom is -0.316 e. The molecule has 4 nitrogen and oxygen atoms in total. The van der Waals surface area contributed by atoms with E-state index in [1.165, 1.54) is 25.7 Å². The molecule has 0 radical (unpaired) electrons. The minimum atomic E-state index is 0.509. The first-order valence-electron chi connectivity index (χ1n) is 6.73.